The van der Waals surface area contributed by atoms with Crippen LogP contribution < -0.4 is 0 Å². The number of rotatable bonds is 15. The first-order valence-electron chi connectivity index (χ1n) is 48.8. The van der Waals surface area contributed by atoms with Gasteiger partial charge in [0.15, 0.2) is 29.1 Å². The molecular weight excluding hydrogens is 1740 g/mol. The van der Waals surface area contributed by atoms with Crippen molar-refractivity contribution in [2.45, 2.75) is 57.8 Å². The molecule has 0 aliphatic heterocycles. The molecule has 3 aliphatic rings. The molecule has 0 spiro atoms. The van der Waals surface area contributed by atoms with E-state index in [1.54, 1.807) is 0 Å². The maximum Gasteiger partial charge on any atom is 0.164 e. The molecule has 10 heteroatoms. The Bertz CT molecular complexity index is 8780. The fourth-order valence-corrected chi connectivity index (χ4v) is 21.4. The fraction of sp³-hybridized carbons (Fsp3) is 0.0677. The van der Waals surface area contributed by atoms with E-state index in [2.05, 4.69) is 385 Å². The van der Waals surface area contributed by atoms with Crippen LogP contribution in [-0.4, -0.2) is 49.8 Å². The summed E-state index contributed by atoms with van der Waals surface area (Å²) in [7, 11) is 0. The maximum absolute atomic E-state index is 5.14. The zero-order valence-electron chi connectivity index (χ0n) is 80.0. The molecule has 0 fully saturated rings. The van der Waals surface area contributed by atoms with Crippen molar-refractivity contribution < 1.29 is 0 Å². The van der Waals surface area contributed by atoms with Crippen molar-refractivity contribution in [3.63, 3.8) is 0 Å². The topological polar surface area (TPSA) is 129 Å². The summed E-state index contributed by atoms with van der Waals surface area (Å²) in [6, 6.07) is 158. The Morgan fingerprint density at radius 1 is 0.168 bits per heavy atom. The SMILES string of the molecule is CC1(C)c2cccc(-c3cccc(-c4cc(-c5ccc(-c6ccccc6)nc5)nc(-c5ccccc5)n4)c3)c2-c2c1ccc1ccccc21.CC1(C)c2cccc(-c3cccc(-c4cc(-c5ccc(-c6ccccn6)cc5)nc(-c5ccccc5)n4)c3)c2-c2ccc3ccccc3c21.CC1(C)c2ccccc2-c2ccc(-c3ccc(-c4nc(-c5ccccc5)nc(-c5ccc(-c6ccncc6)cc5)n4)cc3)cc21. The van der Waals surface area contributed by atoms with Crippen molar-refractivity contribution >= 4 is 21.5 Å². The van der Waals surface area contributed by atoms with Gasteiger partial charge >= 0.3 is 0 Å². The average molecular weight is 1830 g/mol. The van der Waals surface area contributed by atoms with Crippen LogP contribution in [0.4, 0.5) is 0 Å². The molecule has 6 aromatic heterocycles. The summed E-state index contributed by atoms with van der Waals surface area (Å²) in [5.74, 6) is 3.33. The predicted octanol–water partition coefficient (Wildman–Crippen LogP) is 33.2. The molecule has 6 heterocycles. The lowest BCUT2D eigenvalue weighted by Gasteiger charge is -2.23. The van der Waals surface area contributed by atoms with Gasteiger partial charge in [0.25, 0.3) is 0 Å². The Kier molecular flexibility index (Phi) is 22.5. The van der Waals surface area contributed by atoms with E-state index in [9.17, 15) is 0 Å². The van der Waals surface area contributed by atoms with E-state index in [1.807, 2.05) is 140 Å². The molecule has 3 aliphatic carbocycles. The predicted molar refractivity (Wildman–Crippen MR) is 587 cm³/mol. The van der Waals surface area contributed by atoms with Gasteiger partial charge in [-0.1, -0.05) is 424 Å². The Balaban J connectivity index is 0.000000116. The second kappa shape index (κ2) is 36.7. The second-order valence-corrected chi connectivity index (χ2v) is 38.5. The smallest absolute Gasteiger partial charge is 0.164 e. The van der Waals surface area contributed by atoms with Gasteiger partial charge < -0.3 is 0 Å². The third-order valence-corrected chi connectivity index (χ3v) is 28.8. The molecule has 0 N–H and O–H groups in total. The molecule has 0 saturated heterocycles. The van der Waals surface area contributed by atoms with E-state index in [0.29, 0.717) is 29.1 Å². The van der Waals surface area contributed by atoms with Gasteiger partial charge in [-0.25, -0.2) is 34.9 Å². The van der Waals surface area contributed by atoms with E-state index in [1.165, 1.54) is 116 Å². The highest BCUT2D eigenvalue weighted by molar-refractivity contribution is 6.07. The highest BCUT2D eigenvalue weighted by Crippen LogP contribution is 2.58. The molecule has 0 saturated carbocycles. The summed E-state index contributed by atoms with van der Waals surface area (Å²) in [5, 5.41) is 5.18. The zero-order chi connectivity index (χ0) is 96.3. The van der Waals surface area contributed by atoms with Crippen molar-refractivity contribution in [3.05, 3.63) is 507 Å². The summed E-state index contributed by atoms with van der Waals surface area (Å²) >= 11 is 0. The monoisotopic (exact) mass is 1830 g/mol. The standard InChI is InChI=1S/2C46H33N3.C41H30N4/c1-46(2)38-22-12-21-37(44(38)43-36-20-10-9-13-30(36)23-25-39(43)46)33-18-11-19-34(27-33)41-28-42(49-45(48-41)32-16-7-4-8-17-32)35-24-26-40(47-29-35)31-14-5-3-6-15-31;1-46(2)39-19-11-18-36(43(39)38-26-25-30-12-6-7-17-37(30)44(38)46)34-15-10-16-35(28-34)42-29-41(48-45(49-42)33-13-4-3-5-14-33)32-23-21-31(22-24-32)40-20-8-9-27-47-40;1-41(2)36-11-7-6-10-34(36)35-21-20-33(26-37(35)41)28-14-18-32(19-15-28)40-44-38(30-8-4-3-5-9-30)43-39(45-40)31-16-12-27(13-17-31)29-22-24-42-25-23-29/h2*3-29H,1-2H3;3-26H,1-2H3. The van der Waals surface area contributed by atoms with Crippen LogP contribution in [0.5, 0.6) is 0 Å². The molecule has 0 bridgehead atoms. The third kappa shape index (κ3) is 16.5. The molecule has 0 unspecified atom stereocenters. The number of fused-ring (bicyclic) bond motifs is 13. The van der Waals surface area contributed by atoms with Crippen LogP contribution in [0.15, 0.2) is 474 Å². The van der Waals surface area contributed by atoms with Crippen molar-refractivity contribution in [1.82, 2.24) is 49.8 Å². The first-order chi connectivity index (χ1) is 70.1. The van der Waals surface area contributed by atoms with Gasteiger partial charge in [0, 0.05) is 102 Å². The van der Waals surface area contributed by atoms with Crippen LogP contribution >= 0.6 is 0 Å². The first-order valence-corrected chi connectivity index (χ1v) is 48.8. The van der Waals surface area contributed by atoms with Crippen molar-refractivity contribution in [2.24, 2.45) is 0 Å². The Morgan fingerprint density at radius 3 is 1.10 bits per heavy atom. The van der Waals surface area contributed by atoms with Crippen LogP contribution in [0.3, 0.4) is 0 Å². The van der Waals surface area contributed by atoms with Gasteiger partial charge in [-0.2, -0.15) is 0 Å². The van der Waals surface area contributed by atoms with E-state index >= 15 is 0 Å². The highest BCUT2D eigenvalue weighted by Gasteiger charge is 2.41. The number of aromatic nitrogens is 10. The van der Waals surface area contributed by atoms with Crippen LogP contribution in [0.25, 0.3) is 224 Å². The maximum atomic E-state index is 5.14. The number of hydrogen-bond donors (Lipinski definition) is 0. The molecule has 0 radical (unpaired) electrons. The number of nitrogens with zero attached hydrogens (tertiary/aromatic N) is 10. The largest absolute Gasteiger partial charge is 0.265 e. The lowest BCUT2D eigenvalue weighted by Crippen LogP contribution is -2.15. The van der Waals surface area contributed by atoms with Gasteiger partial charge in [-0.05, 0) is 200 Å². The summed E-state index contributed by atoms with van der Waals surface area (Å²) < 4.78 is 0. The van der Waals surface area contributed by atoms with E-state index < -0.39 is 0 Å². The van der Waals surface area contributed by atoms with Crippen LogP contribution in [-0.2, 0) is 16.2 Å². The van der Waals surface area contributed by atoms with E-state index in [0.717, 1.165) is 112 Å². The lowest BCUT2D eigenvalue weighted by atomic mass is 9.80. The molecule has 26 rings (SSSR count). The van der Waals surface area contributed by atoms with Crippen molar-refractivity contribution in [3.8, 4) is 202 Å². The van der Waals surface area contributed by atoms with E-state index in [4.69, 9.17) is 39.9 Å². The molecule has 23 aromatic rings. The van der Waals surface area contributed by atoms with Crippen LogP contribution in [0.2, 0.25) is 0 Å². The molecule has 17 aromatic carbocycles. The van der Waals surface area contributed by atoms with Gasteiger partial charge in [0.2, 0.25) is 0 Å². The Morgan fingerprint density at radius 2 is 0.531 bits per heavy atom. The van der Waals surface area contributed by atoms with Gasteiger partial charge in [0.05, 0.1) is 34.2 Å². The van der Waals surface area contributed by atoms with Gasteiger partial charge in [-0.15, -0.1) is 0 Å². The lowest BCUT2D eigenvalue weighted by molar-refractivity contribution is 0.660. The number of hydrogen-bond acceptors (Lipinski definition) is 10. The second-order valence-electron chi connectivity index (χ2n) is 38.5. The highest BCUT2D eigenvalue weighted by atomic mass is 15.0. The molecule has 0 amide bonds. The quantitative estimate of drug-likeness (QED) is 0.0978. The van der Waals surface area contributed by atoms with Gasteiger partial charge in [-0.3, -0.25) is 15.0 Å². The molecular formula is C133H96N10. The van der Waals surface area contributed by atoms with E-state index in [-0.39, 0.29) is 16.2 Å². The number of benzene rings is 17. The third-order valence-electron chi connectivity index (χ3n) is 28.8. The molecule has 0 atom stereocenters. The summed E-state index contributed by atoms with van der Waals surface area (Å²) in [5.41, 5.74) is 41.8. The molecule has 143 heavy (non-hydrogen) atoms. The minimum Gasteiger partial charge on any atom is -0.265 e. The average Bonchev–Trinajstić information content (AvgIpc) is 1.56. The van der Waals surface area contributed by atoms with Crippen molar-refractivity contribution in [1.29, 1.82) is 0 Å². The van der Waals surface area contributed by atoms with Crippen molar-refractivity contribution in [2.75, 3.05) is 0 Å². The Labute approximate surface area is 832 Å². The summed E-state index contributed by atoms with van der Waals surface area (Å²) in [4.78, 5) is 48.7. The summed E-state index contributed by atoms with van der Waals surface area (Å²) in [6.45, 7) is 14.1. The number of pyridine rings is 3. The molecule has 10 nitrogen and oxygen atoms in total. The van der Waals surface area contributed by atoms with Crippen LogP contribution in [0, 0.1) is 0 Å². The normalized spacial score (nSPS) is 12.9. The van der Waals surface area contributed by atoms with Gasteiger partial charge in [0.1, 0.15) is 0 Å². The minimum atomic E-state index is -0.114. The zero-order valence-corrected chi connectivity index (χ0v) is 80.0. The Hall–Kier alpha value is -18.1. The summed E-state index contributed by atoms with van der Waals surface area (Å²) in [6.07, 6.45) is 7.36. The minimum absolute atomic E-state index is 0.0342. The first kappa shape index (κ1) is 87.6. The molecule has 678 valence electrons. The van der Waals surface area contributed by atoms with Crippen LogP contribution in [0.1, 0.15) is 74.9 Å². The fourth-order valence-electron chi connectivity index (χ4n) is 21.4.